The second kappa shape index (κ2) is 11.2. The van der Waals surface area contributed by atoms with Gasteiger partial charge in [0, 0.05) is 36.7 Å². The number of imidazole rings is 1. The van der Waals surface area contributed by atoms with E-state index in [4.69, 9.17) is 15.2 Å². The molecule has 194 valence electrons. The molecule has 0 fully saturated rings. The van der Waals surface area contributed by atoms with Gasteiger partial charge in [-0.1, -0.05) is 0 Å². The molecule has 0 saturated carbocycles. The van der Waals surface area contributed by atoms with E-state index in [2.05, 4.69) is 20.6 Å². The van der Waals surface area contributed by atoms with E-state index in [9.17, 15) is 22.4 Å². The van der Waals surface area contributed by atoms with Gasteiger partial charge >= 0.3 is 0 Å². The standard InChI is InChI=1S/C24H22F4N6O3/c1-36-18-3-2-14(20(27)21(18)28)17-12-32-23-22(30-5-7-34(17)23)33-13-10-15(25)19(16(26)11-13)24(35)31-6-9-37-8-4-29/h2-3,5,7,10-12H,4,6,8-9,29H2,1H3,(H,30,33)(H,31,35). The molecule has 0 saturated heterocycles. The van der Waals surface area contributed by atoms with Gasteiger partial charge in [0.05, 0.1) is 32.2 Å². The smallest absolute Gasteiger partial charge is 0.257 e. The molecular weight excluding hydrogens is 496 g/mol. The molecule has 2 aromatic carbocycles. The van der Waals surface area contributed by atoms with Crippen LogP contribution >= 0.6 is 0 Å². The van der Waals surface area contributed by atoms with Crippen LogP contribution in [0.1, 0.15) is 10.4 Å². The van der Waals surface area contributed by atoms with Crippen molar-refractivity contribution in [2.75, 3.05) is 38.7 Å². The van der Waals surface area contributed by atoms with E-state index in [0.717, 1.165) is 12.1 Å². The second-order valence-electron chi connectivity index (χ2n) is 7.65. The van der Waals surface area contributed by atoms with Crippen LogP contribution in [0.4, 0.5) is 29.1 Å². The highest BCUT2D eigenvalue weighted by atomic mass is 19.2. The van der Waals surface area contributed by atoms with Crippen LogP contribution in [0.2, 0.25) is 0 Å². The number of anilines is 2. The first-order valence-electron chi connectivity index (χ1n) is 11.0. The van der Waals surface area contributed by atoms with Crippen LogP contribution < -0.4 is 21.1 Å². The Balaban J connectivity index is 1.58. The lowest BCUT2D eigenvalue weighted by Crippen LogP contribution is -2.29. The average molecular weight is 518 g/mol. The minimum absolute atomic E-state index is 0.0462. The number of hydrogen-bond acceptors (Lipinski definition) is 7. The summed E-state index contributed by atoms with van der Waals surface area (Å²) in [4.78, 5) is 20.5. The van der Waals surface area contributed by atoms with Gasteiger partial charge in [0.25, 0.3) is 5.91 Å². The zero-order chi connectivity index (χ0) is 26.5. The highest BCUT2D eigenvalue weighted by Crippen LogP contribution is 2.31. The third-order valence-electron chi connectivity index (χ3n) is 5.30. The van der Waals surface area contributed by atoms with Crippen LogP contribution in [0.15, 0.2) is 42.9 Å². The zero-order valence-corrected chi connectivity index (χ0v) is 19.5. The molecule has 4 aromatic rings. The monoisotopic (exact) mass is 518 g/mol. The van der Waals surface area contributed by atoms with Crippen molar-refractivity contribution in [3.05, 3.63) is 71.7 Å². The molecule has 4 N–H and O–H groups in total. The number of nitrogens with one attached hydrogen (secondary N) is 2. The molecule has 1 amide bonds. The Morgan fingerprint density at radius 2 is 1.84 bits per heavy atom. The van der Waals surface area contributed by atoms with Gasteiger partial charge in [-0.05, 0) is 24.3 Å². The topological polar surface area (TPSA) is 116 Å². The fourth-order valence-electron chi connectivity index (χ4n) is 3.60. The molecule has 2 aromatic heterocycles. The molecular formula is C24H22F4N6O3. The van der Waals surface area contributed by atoms with Crippen LogP contribution in [0.5, 0.6) is 5.75 Å². The summed E-state index contributed by atoms with van der Waals surface area (Å²) in [6, 6.07) is 4.48. The van der Waals surface area contributed by atoms with Crippen LogP contribution in [0.3, 0.4) is 0 Å². The van der Waals surface area contributed by atoms with Crippen molar-refractivity contribution in [3.8, 4) is 17.0 Å². The van der Waals surface area contributed by atoms with E-state index in [1.54, 1.807) is 0 Å². The third kappa shape index (κ3) is 5.32. The number of ether oxygens (including phenoxy) is 2. The Kier molecular flexibility index (Phi) is 7.84. The zero-order valence-electron chi connectivity index (χ0n) is 19.5. The van der Waals surface area contributed by atoms with Crippen molar-refractivity contribution < 1.29 is 31.8 Å². The van der Waals surface area contributed by atoms with Crippen LogP contribution in [0.25, 0.3) is 16.9 Å². The number of fused-ring (bicyclic) bond motifs is 1. The molecule has 4 rings (SSSR count). The molecule has 0 unspecified atom stereocenters. The van der Waals surface area contributed by atoms with Crippen molar-refractivity contribution >= 4 is 23.1 Å². The van der Waals surface area contributed by atoms with Crippen LogP contribution in [-0.2, 0) is 4.74 Å². The molecule has 13 heteroatoms. The van der Waals surface area contributed by atoms with Gasteiger partial charge in [0.1, 0.15) is 17.2 Å². The van der Waals surface area contributed by atoms with E-state index in [1.807, 2.05) is 0 Å². The summed E-state index contributed by atoms with van der Waals surface area (Å²) in [7, 11) is 1.22. The Morgan fingerprint density at radius 3 is 2.54 bits per heavy atom. The molecule has 0 atom stereocenters. The molecule has 0 aliphatic heterocycles. The number of nitrogens with two attached hydrogens (primary N) is 1. The van der Waals surface area contributed by atoms with E-state index in [1.165, 1.54) is 42.2 Å². The highest BCUT2D eigenvalue weighted by Gasteiger charge is 2.21. The lowest BCUT2D eigenvalue weighted by Gasteiger charge is -2.11. The summed E-state index contributed by atoms with van der Waals surface area (Å²) < 4.78 is 69.5. The van der Waals surface area contributed by atoms with Crippen molar-refractivity contribution in [3.63, 3.8) is 0 Å². The van der Waals surface area contributed by atoms with Gasteiger partial charge in [-0.3, -0.25) is 9.20 Å². The molecule has 0 aliphatic carbocycles. The predicted octanol–water partition coefficient (Wildman–Crippen LogP) is 3.41. The number of carbonyl (C=O) groups is 1. The lowest BCUT2D eigenvalue weighted by atomic mass is 10.1. The summed E-state index contributed by atoms with van der Waals surface area (Å²) in [5, 5.41) is 5.12. The number of halogens is 4. The number of rotatable bonds is 10. The first-order valence-corrected chi connectivity index (χ1v) is 11.0. The van der Waals surface area contributed by atoms with E-state index >= 15 is 0 Å². The summed E-state index contributed by atoms with van der Waals surface area (Å²) >= 11 is 0. The van der Waals surface area contributed by atoms with Gasteiger partial charge in [-0.2, -0.15) is 4.39 Å². The molecule has 37 heavy (non-hydrogen) atoms. The quantitative estimate of drug-likeness (QED) is 0.218. The number of benzene rings is 2. The number of methoxy groups -OCH3 is 1. The van der Waals surface area contributed by atoms with Crippen molar-refractivity contribution in [1.82, 2.24) is 19.7 Å². The fourth-order valence-corrected chi connectivity index (χ4v) is 3.60. The van der Waals surface area contributed by atoms with Crippen LogP contribution in [-0.4, -0.2) is 53.7 Å². The highest BCUT2D eigenvalue weighted by molar-refractivity contribution is 5.95. The Bertz CT molecular complexity index is 1420. The Morgan fingerprint density at radius 1 is 1.08 bits per heavy atom. The maximum Gasteiger partial charge on any atom is 0.257 e. The molecule has 0 bridgehead atoms. The number of nitrogens with zero attached hydrogens (tertiary/aromatic N) is 3. The summed E-state index contributed by atoms with van der Waals surface area (Å²) in [6.45, 7) is 0.792. The van der Waals surface area contributed by atoms with Gasteiger partial charge in [-0.15, -0.1) is 0 Å². The number of carbonyl (C=O) groups excluding carboxylic acids is 1. The summed E-state index contributed by atoms with van der Waals surface area (Å²) in [5.74, 6) is -5.60. The number of hydrogen-bond donors (Lipinski definition) is 3. The van der Waals surface area contributed by atoms with E-state index in [0.29, 0.717) is 13.2 Å². The molecule has 9 nitrogen and oxygen atoms in total. The van der Waals surface area contributed by atoms with E-state index in [-0.39, 0.29) is 47.3 Å². The Hall–Kier alpha value is -4.23. The summed E-state index contributed by atoms with van der Waals surface area (Å²) in [6.07, 6.45) is 4.12. The van der Waals surface area contributed by atoms with Crippen LogP contribution in [0, 0.1) is 23.3 Å². The third-order valence-corrected chi connectivity index (χ3v) is 5.30. The van der Waals surface area contributed by atoms with Crippen molar-refractivity contribution in [1.29, 1.82) is 0 Å². The largest absolute Gasteiger partial charge is 0.494 e. The maximum atomic E-state index is 14.7. The lowest BCUT2D eigenvalue weighted by molar-refractivity contribution is 0.0911. The first kappa shape index (κ1) is 25.9. The Labute approximate surface area is 208 Å². The molecule has 0 aliphatic rings. The normalized spacial score (nSPS) is 11.1. The van der Waals surface area contributed by atoms with Gasteiger partial charge in [0.15, 0.2) is 23.0 Å². The average Bonchev–Trinajstić information content (AvgIpc) is 3.30. The first-order chi connectivity index (χ1) is 17.8. The molecule has 0 spiro atoms. The predicted molar refractivity (Wildman–Crippen MR) is 127 cm³/mol. The minimum Gasteiger partial charge on any atom is -0.494 e. The molecule has 2 heterocycles. The molecule has 0 radical (unpaired) electrons. The number of amides is 1. The van der Waals surface area contributed by atoms with E-state index < -0.39 is 34.7 Å². The minimum atomic E-state index is -1.15. The van der Waals surface area contributed by atoms with Crippen molar-refractivity contribution in [2.45, 2.75) is 0 Å². The van der Waals surface area contributed by atoms with Gasteiger partial charge < -0.3 is 25.8 Å². The van der Waals surface area contributed by atoms with Gasteiger partial charge in [-0.25, -0.2) is 23.1 Å². The summed E-state index contributed by atoms with van der Waals surface area (Å²) in [5.41, 5.74) is 4.79. The SMILES string of the molecule is COc1ccc(-c2cnc3c(Nc4cc(F)c(C(=O)NCCOCCN)c(F)c4)nccn23)c(F)c1F. The second-order valence-corrected chi connectivity index (χ2v) is 7.65. The number of aromatic nitrogens is 3. The maximum absolute atomic E-state index is 14.7. The van der Waals surface area contributed by atoms with Crippen molar-refractivity contribution in [2.24, 2.45) is 5.73 Å². The van der Waals surface area contributed by atoms with Gasteiger partial charge in [0.2, 0.25) is 5.82 Å². The fraction of sp³-hybridized carbons (Fsp3) is 0.208.